The first kappa shape index (κ1) is 8.01. The highest BCUT2D eigenvalue weighted by atomic mass is 16.5. The molecule has 0 aromatic heterocycles. The standard InChI is InChI=1S/C8H10O3/c1-7(9)11-8-3-2-5-10-6-4-8/h2-4H,5-6H2,1H3. The molecule has 3 heteroatoms. The van der Waals surface area contributed by atoms with Crippen LogP contribution in [0.25, 0.3) is 0 Å². The molecule has 0 unspecified atom stereocenters. The van der Waals surface area contributed by atoms with E-state index in [9.17, 15) is 4.79 Å². The highest BCUT2D eigenvalue weighted by molar-refractivity contribution is 5.67. The first-order valence-corrected chi connectivity index (χ1v) is 3.42. The van der Waals surface area contributed by atoms with E-state index in [1.54, 1.807) is 12.2 Å². The Morgan fingerprint density at radius 1 is 1.64 bits per heavy atom. The minimum absolute atomic E-state index is 0.303. The lowest BCUT2D eigenvalue weighted by molar-refractivity contribution is -0.136. The molecular formula is C8H10O3. The Kier molecular flexibility index (Phi) is 2.86. The Labute approximate surface area is 65.3 Å². The lowest BCUT2D eigenvalue weighted by Crippen LogP contribution is -1.97. The molecule has 0 aromatic carbocycles. The van der Waals surface area contributed by atoms with Crippen molar-refractivity contribution in [3.63, 3.8) is 0 Å². The van der Waals surface area contributed by atoms with Gasteiger partial charge in [-0.25, -0.2) is 0 Å². The third-order valence-corrected chi connectivity index (χ3v) is 1.16. The first-order chi connectivity index (χ1) is 5.29. The second-order valence-electron chi connectivity index (χ2n) is 2.14. The van der Waals surface area contributed by atoms with Crippen LogP contribution in [0.15, 0.2) is 24.0 Å². The Bertz CT molecular complexity index is 203. The highest BCUT2D eigenvalue weighted by Gasteiger charge is 1.99. The zero-order valence-electron chi connectivity index (χ0n) is 6.37. The molecule has 0 radical (unpaired) electrons. The summed E-state index contributed by atoms with van der Waals surface area (Å²) in [5, 5.41) is 0. The van der Waals surface area contributed by atoms with Gasteiger partial charge in [0, 0.05) is 6.92 Å². The summed E-state index contributed by atoms with van der Waals surface area (Å²) >= 11 is 0. The maximum atomic E-state index is 10.5. The molecule has 0 spiro atoms. The molecule has 11 heavy (non-hydrogen) atoms. The smallest absolute Gasteiger partial charge is 0.308 e. The summed E-state index contributed by atoms with van der Waals surface area (Å²) in [5.74, 6) is 0.262. The van der Waals surface area contributed by atoms with Crippen molar-refractivity contribution in [1.29, 1.82) is 0 Å². The Morgan fingerprint density at radius 2 is 2.45 bits per heavy atom. The number of carbonyl (C=O) groups excluding carboxylic acids is 1. The minimum Gasteiger partial charge on any atom is -0.427 e. The van der Waals surface area contributed by atoms with Crippen molar-refractivity contribution < 1.29 is 14.3 Å². The molecule has 1 aliphatic rings. The van der Waals surface area contributed by atoms with E-state index >= 15 is 0 Å². The molecule has 1 heterocycles. The van der Waals surface area contributed by atoms with E-state index in [1.165, 1.54) is 6.92 Å². The Balaban J connectivity index is 2.53. The summed E-state index contributed by atoms with van der Waals surface area (Å²) in [6.07, 6.45) is 5.26. The lowest BCUT2D eigenvalue weighted by atomic mass is 10.4. The van der Waals surface area contributed by atoms with Crippen LogP contribution in [0.3, 0.4) is 0 Å². The van der Waals surface area contributed by atoms with Crippen LogP contribution in [0, 0.1) is 0 Å². The molecule has 0 amide bonds. The number of esters is 1. The zero-order chi connectivity index (χ0) is 8.10. The van der Waals surface area contributed by atoms with Gasteiger partial charge in [0.25, 0.3) is 0 Å². The fourth-order valence-corrected chi connectivity index (χ4v) is 0.751. The van der Waals surface area contributed by atoms with E-state index in [-0.39, 0.29) is 5.97 Å². The van der Waals surface area contributed by atoms with E-state index in [4.69, 9.17) is 9.47 Å². The van der Waals surface area contributed by atoms with Gasteiger partial charge >= 0.3 is 5.97 Å². The van der Waals surface area contributed by atoms with Crippen LogP contribution in [0.2, 0.25) is 0 Å². The third kappa shape index (κ3) is 3.00. The van der Waals surface area contributed by atoms with Gasteiger partial charge in [0.1, 0.15) is 5.76 Å². The van der Waals surface area contributed by atoms with Crippen LogP contribution in [0.4, 0.5) is 0 Å². The monoisotopic (exact) mass is 154 g/mol. The topological polar surface area (TPSA) is 35.5 Å². The van der Waals surface area contributed by atoms with Gasteiger partial charge in [0.15, 0.2) is 0 Å². The van der Waals surface area contributed by atoms with E-state index in [1.807, 2.05) is 6.08 Å². The van der Waals surface area contributed by atoms with Crippen molar-refractivity contribution in [2.75, 3.05) is 13.2 Å². The molecule has 0 atom stereocenters. The van der Waals surface area contributed by atoms with E-state index < -0.39 is 0 Å². The molecule has 0 fully saturated rings. The second-order valence-corrected chi connectivity index (χ2v) is 2.14. The summed E-state index contributed by atoms with van der Waals surface area (Å²) in [4.78, 5) is 10.5. The van der Waals surface area contributed by atoms with Crippen molar-refractivity contribution in [3.05, 3.63) is 24.0 Å². The van der Waals surface area contributed by atoms with Crippen LogP contribution in [0.1, 0.15) is 6.92 Å². The Hall–Kier alpha value is -1.09. The molecule has 0 bridgehead atoms. The molecule has 3 nitrogen and oxygen atoms in total. The fourth-order valence-electron chi connectivity index (χ4n) is 0.751. The molecule has 1 rings (SSSR count). The van der Waals surface area contributed by atoms with Gasteiger partial charge < -0.3 is 9.47 Å². The van der Waals surface area contributed by atoms with Crippen molar-refractivity contribution in [2.45, 2.75) is 6.92 Å². The number of ether oxygens (including phenoxy) is 2. The van der Waals surface area contributed by atoms with Crippen LogP contribution < -0.4 is 0 Å². The van der Waals surface area contributed by atoms with Crippen molar-refractivity contribution in [2.24, 2.45) is 0 Å². The van der Waals surface area contributed by atoms with Gasteiger partial charge in [-0.2, -0.15) is 0 Å². The van der Waals surface area contributed by atoms with Gasteiger partial charge in [-0.1, -0.05) is 6.08 Å². The molecule has 0 saturated heterocycles. The van der Waals surface area contributed by atoms with E-state index in [0.717, 1.165) is 0 Å². The van der Waals surface area contributed by atoms with Gasteiger partial charge in [-0.3, -0.25) is 4.79 Å². The number of hydrogen-bond acceptors (Lipinski definition) is 3. The summed E-state index contributed by atoms with van der Waals surface area (Å²) in [7, 11) is 0. The van der Waals surface area contributed by atoms with Crippen molar-refractivity contribution in [1.82, 2.24) is 0 Å². The SMILES string of the molecule is CC(=O)OC1=CCOCC=C1. The van der Waals surface area contributed by atoms with Crippen molar-refractivity contribution in [3.8, 4) is 0 Å². The van der Waals surface area contributed by atoms with Crippen LogP contribution in [-0.2, 0) is 14.3 Å². The summed E-state index contributed by atoms with van der Waals surface area (Å²) < 4.78 is 9.88. The predicted octanol–water partition coefficient (Wildman–Crippen LogP) is 1.02. The van der Waals surface area contributed by atoms with Crippen LogP contribution >= 0.6 is 0 Å². The normalized spacial score (nSPS) is 17.0. The lowest BCUT2D eigenvalue weighted by Gasteiger charge is -1.98. The molecule has 0 aliphatic carbocycles. The van der Waals surface area contributed by atoms with Crippen LogP contribution in [0.5, 0.6) is 0 Å². The average molecular weight is 154 g/mol. The van der Waals surface area contributed by atoms with Gasteiger partial charge in [0.2, 0.25) is 0 Å². The van der Waals surface area contributed by atoms with Crippen molar-refractivity contribution >= 4 is 5.97 Å². The first-order valence-electron chi connectivity index (χ1n) is 3.42. The number of carbonyl (C=O) groups is 1. The van der Waals surface area contributed by atoms with Gasteiger partial charge in [-0.05, 0) is 12.2 Å². The summed E-state index contributed by atoms with van der Waals surface area (Å²) in [6.45, 7) is 2.44. The quantitative estimate of drug-likeness (QED) is 0.529. The molecular weight excluding hydrogens is 144 g/mol. The maximum Gasteiger partial charge on any atom is 0.308 e. The predicted molar refractivity (Wildman–Crippen MR) is 39.8 cm³/mol. The van der Waals surface area contributed by atoms with Gasteiger partial charge in [-0.15, -0.1) is 0 Å². The highest BCUT2D eigenvalue weighted by Crippen LogP contribution is 2.03. The molecule has 0 saturated carbocycles. The minimum atomic E-state index is -0.303. The molecule has 0 aromatic rings. The number of rotatable bonds is 1. The largest absolute Gasteiger partial charge is 0.427 e. The number of allylic oxidation sites excluding steroid dienone is 1. The van der Waals surface area contributed by atoms with E-state index in [2.05, 4.69) is 0 Å². The number of hydrogen-bond donors (Lipinski definition) is 0. The Morgan fingerprint density at radius 3 is 3.18 bits per heavy atom. The maximum absolute atomic E-state index is 10.5. The fraction of sp³-hybridized carbons (Fsp3) is 0.375. The molecule has 0 N–H and O–H groups in total. The third-order valence-electron chi connectivity index (χ3n) is 1.16. The summed E-state index contributed by atoms with van der Waals surface area (Å²) in [5.41, 5.74) is 0. The van der Waals surface area contributed by atoms with E-state index in [0.29, 0.717) is 19.0 Å². The molecule has 1 aliphatic heterocycles. The zero-order valence-corrected chi connectivity index (χ0v) is 6.37. The average Bonchev–Trinajstić information content (AvgIpc) is 2.14. The summed E-state index contributed by atoms with van der Waals surface area (Å²) in [6, 6.07) is 0. The molecule has 60 valence electrons. The van der Waals surface area contributed by atoms with Crippen LogP contribution in [-0.4, -0.2) is 19.2 Å². The van der Waals surface area contributed by atoms with Gasteiger partial charge in [0.05, 0.1) is 13.2 Å². The second kappa shape index (κ2) is 3.93.